The molecule has 2 rings (SSSR count). The molecule has 3 nitrogen and oxygen atoms in total. The maximum absolute atomic E-state index is 6.57. The molecule has 3 heteroatoms. The van der Waals surface area contributed by atoms with Gasteiger partial charge in [0.1, 0.15) is 0 Å². The molecular formula is C16H27N3. The zero-order valence-corrected chi connectivity index (χ0v) is 12.3. The summed E-state index contributed by atoms with van der Waals surface area (Å²) in [4.78, 5) is 6.44. The predicted octanol–water partition coefficient (Wildman–Crippen LogP) is 2.46. The number of aromatic nitrogens is 1. The molecule has 19 heavy (non-hydrogen) atoms. The Morgan fingerprint density at radius 3 is 2.84 bits per heavy atom. The lowest BCUT2D eigenvalue weighted by molar-refractivity contribution is 0.170. The Balaban J connectivity index is 1.79. The van der Waals surface area contributed by atoms with E-state index in [0.29, 0.717) is 0 Å². The van der Waals surface area contributed by atoms with Crippen LogP contribution in [0, 0.1) is 5.92 Å². The predicted molar refractivity (Wildman–Crippen MR) is 80.0 cm³/mol. The van der Waals surface area contributed by atoms with E-state index < -0.39 is 0 Å². The van der Waals surface area contributed by atoms with Gasteiger partial charge in [0.15, 0.2) is 0 Å². The summed E-state index contributed by atoms with van der Waals surface area (Å²) in [6.45, 7) is 4.41. The van der Waals surface area contributed by atoms with Crippen LogP contribution in [0.25, 0.3) is 0 Å². The van der Waals surface area contributed by atoms with E-state index in [4.69, 9.17) is 5.73 Å². The van der Waals surface area contributed by atoms with Crippen molar-refractivity contribution < 1.29 is 0 Å². The SMILES string of the molecule is CC1CCCC(N)(CN(C)CCc2ccncc2)C1. The van der Waals surface area contributed by atoms with E-state index in [1.54, 1.807) is 0 Å². The first-order valence-corrected chi connectivity index (χ1v) is 7.44. The fourth-order valence-corrected chi connectivity index (χ4v) is 3.33. The molecule has 0 aliphatic heterocycles. The van der Waals surface area contributed by atoms with Gasteiger partial charge in [-0.05, 0) is 49.9 Å². The summed E-state index contributed by atoms with van der Waals surface area (Å²) in [7, 11) is 2.19. The number of hydrogen-bond donors (Lipinski definition) is 1. The van der Waals surface area contributed by atoms with Gasteiger partial charge in [0, 0.05) is 31.0 Å². The number of likely N-dealkylation sites (N-methyl/N-ethyl adjacent to an activating group) is 1. The molecule has 1 fully saturated rings. The molecule has 106 valence electrons. The molecular weight excluding hydrogens is 234 g/mol. The molecule has 1 aromatic rings. The van der Waals surface area contributed by atoms with Crippen molar-refractivity contribution in [2.24, 2.45) is 11.7 Å². The van der Waals surface area contributed by atoms with Crippen molar-refractivity contribution >= 4 is 0 Å². The summed E-state index contributed by atoms with van der Waals surface area (Å²) in [5.74, 6) is 0.785. The van der Waals surface area contributed by atoms with E-state index in [9.17, 15) is 0 Å². The molecule has 2 atom stereocenters. The monoisotopic (exact) mass is 261 g/mol. The van der Waals surface area contributed by atoms with Gasteiger partial charge in [0.05, 0.1) is 0 Å². The van der Waals surface area contributed by atoms with E-state index in [1.807, 2.05) is 12.4 Å². The molecule has 0 bridgehead atoms. The lowest BCUT2D eigenvalue weighted by Crippen LogP contribution is -2.52. The average molecular weight is 261 g/mol. The largest absolute Gasteiger partial charge is 0.324 e. The van der Waals surface area contributed by atoms with Crippen molar-refractivity contribution in [2.75, 3.05) is 20.1 Å². The van der Waals surface area contributed by atoms with Crippen LogP contribution >= 0.6 is 0 Å². The molecule has 1 aliphatic carbocycles. The second-order valence-corrected chi connectivity index (χ2v) is 6.41. The highest BCUT2D eigenvalue weighted by atomic mass is 15.1. The average Bonchev–Trinajstić information content (AvgIpc) is 2.37. The normalized spacial score (nSPS) is 27.7. The second kappa shape index (κ2) is 6.49. The molecule has 1 heterocycles. The van der Waals surface area contributed by atoms with Crippen LogP contribution < -0.4 is 5.73 Å². The highest BCUT2D eigenvalue weighted by molar-refractivity contribution is 5.10. The van der Waals surface area contributed by atoms with Crippen LogP contribution in [-0.2, 0) is 6.42 Å². The smallest absolute Gasteiger partial charge is 0.0285 e. The third-order valence-corrected chi connectivity index (χ3v) is 4.24. The first-order valence-electron chi connectivity index (χ1n) is 7.44. The van der Waals surface area contributed by atoms with Gasteiger partial charge in [0.25, 0.3) is 0 Å². The molecule has 0 radical (unpaired) electrons. The van der Waals surface area contributed by atoms with E-state index in [2.05, 4.69) is 36.0 Å². The summed E-state index contributed by atoms with van der Waals surface area (Å²) >= 11 is 0. The Kier molecular flexibility index (Phi) is 4.94. The molecule has 1 aromatic heterocycles. The van der Waals surface area contributed by atoms with Gasteiger partial charge in [-0.15, -0.1) is 0 Å². The third kappa shape index (κ3) is 4.59. The first-order chi connectivity index (χ1) is 9.07. The molecule has 2 N–H and O–H groups in total. The van der Waals surface area contributed by atoms with Gasteiger partial charge < -0.3 is 10.6 Å². The Morgan fingerprint density at radius 1 is 1.42 bits per heavy atom. The van der Waals surface area contributed by atoms with Crippen molar-refractivity contribution in [2.45, 2.75) is 44.6 Å². The fraction of sp³-hybridized carbons (Fsp3) is 0.688. The molecule has 0 saturated heterocycles. The van der Waals surface area contributed by atoms with Crippen LogP contribution in [0.5, 0.6) is 0 Å². The van der Waals surface area contributed by atoms with Gasteiger partial charge in [0.2, 0.25) is 0 Å². The summed E-state index contributed by atoms with van der Waals surface area (Å²) in [5.41, 5.74) is 7.95. The van der Waals surface area contributed by atoms with Crippen LogP contribution in [0.2, 0.25) is 0 Å². The van der Waals surface area contributed by atoms with E-state index in [0.717, 1.165) is 25.4 Å². The Labute approximate surface area is 117 Å². The maximum atomic E-state index is 6.57. The highest BCUT2D eigenvalue weighted by Gasteiger charge is 2.31. The summed E-state index contributed by atoms with van der Waals surface area (Å²) in [6.07, 6.45) is 9.79. The van der Waals surface area contributed by atoms with Gasteiger partial charge in [-0.25, -0.2) is 0 Å². The topological polar surface area (TPSA) is 42.1 Å². The minimum atomic E-state index is 0.0324. The summed E-state index contributed by atoms with van der Waals surface area (Å²) < 4.78 is 0. The zero-order valence-electron chi connectivity index (χ0n) is 12.3. The van der Waals surface area contributed by atoms with Gasteiger partial charge in [-0.1, -0.05) is 19.8 Å². The third-order valence-electron chi connectivity index (χ3n) is 4.24. The van der Waals surface area contributed by atoms with Crippen molar-refractivity contribution in [1.82, 2.24) is 9.88 Å². The van der Waals surface area contributed by atoms with E-state index in [1.165, 1.54) is 31.2 Å². The standard InChI is InChI=1S/C16H27N3/c1-14-4-3-8-16(17,12-14)13-19(2)11-7-15-5-9-18-10-6-15/h5-6,9-10,14H,3-4,7-8,11-13,17H2,1-2H3. The minimum absolute atomic E-state index is 0.0324. The van der Waals surface area contributed by atoms with Crippen LogP contribution in [0.3, 0.4) is 0 Å². The molecule has 0 aromatic carbocycles. The van der Waals surface area contributed by atoms with Crippen LogP contribution in [0.1, 0.15) is 38.2 Å². The number of rotatable bonds is 5. The molecule has 2 unspecified atom stereocenters. The Bertz CT molecular complexity index is 379. The van der Waals surface area contributed by atoms with Crippen molar-refractivity contribution in [1.29, 1.82) is 0 Å². The molecule has 1 aliphatic rings. The fourth-order valence-electron chi connectivity index (χ4n) is 3.33. The van der Waals surface area contributed by atoms with Crippen LogP contribution in [-0.4, -0.2) is 35.6 Å². The maximum Gasteiger partial charge on any atom is 0.0285 e. The second-order valence-electron chi connectivity index (χ2n) is 6.41. The van der Waals surface area contributed by atoms with Crippen LogP contribution in [0.15, 0.2) is 24.5 Å². The quantitative estimate of drug-likeness (QED) is 0.885. The molecule has 0 amide bonds. The first kappa shape index (κ1) is 14.5. The van der Waals surface area contributed by atoms with Gasteiger partial charge in [-0.2, -0.15) is 0 Å². The Hall–Kier alpha value is -0.930. The molecule has 1 saturated carbocycles. The molecule has 0 spiro atoms. The number of hydrogen-bond acceptors (Lipinski definition) is 3. The lowest BCUT2D eigenvalue weighted by Gasteiger charge is -2.39. The Morgan fingerprint density at radius 2 is 2.16 bits per heavy atom. The van der Waals surface area contributed by atoms with Gasteiger partial charge >= 0.3 is 0 Å². The zero-order chi connectivity index (χ0) is 13.7. The summed E-state index contributed by atoms with van der Waals surface area (Å²) in [5, 5.41) is 0. The van der Waals surface area contributed by atoms with Crippen molar-refractivity contribution in [3.63, 3.8) is 0 Å². The van der Waals surface area contributed by atoms with Crippen molar-refractivity contribution in [3.05, 3.63) is 30.1 Å². The summed E-state index contributed by atoms with van der Waals surface area (Å²) in [6, 6.07) is 4.18. The van der Waals surface area contributed by atoms with Crippen molar-refractivity contribution in [3.8, 4) is 0 Å². The van der Waals surface area contributed by atoms with Gasteiger partial charge in [-0.3, -0.25) is 4.98 Å². The lowest BCUT2D eigenvalue weighted by atomic mass is 9.77. The van der Waals surface area contributed by atoms with E-state index in [-0.39, 0.29) is 5.54 Å². The number of nitrogens with two attached hydrogens (primary N) is 1. The van der Waals surface area contributed by atoms with Crippen LogP contribution in [0.4, 0.5) is 0 Å². The number of nitrogens with zero attached hydrogens (tertiary/aromatic N) is 2. The van der Waals surface area contributed by atoms with E-state index >= 15 is 0 Å². The highest BCUT2D eigenvalue weighted by Crippen LogP contribution is 2.30. The number of pyridine rings is 1. The minimum Gasteiger partial charge on any atom is -0.324 e.